The lowest BCUT2D eigenvalue weighted by Crippen LogP contribution is -2.11. The minimum Gasteiger partial charge on any atom is -0.252 e. The molecule has 0 spiro atoms. The molecule has 2 nitrogen and oxygen atoms in total. The first kappa shape index (κ1) is 24.3. The van der Waals surface area contributed by atoms with Gasteiger partial charge >= 0.3 is 0 Å². The molecule has 0 unspecified atom stereocenters. The highest BCUT2D eigenvalue weighted by atomic mass is 14.8. The fourth-order valence-corrected chi connectivity index (χ4v) is 4.27. The van der Waals surface area contributed by atoms with Gasteiger partial charge in [0, 0.05) is 6.42 Å². The summed E-state index contributed by atoms with van der Waals surface area (Å²) < 4.78 is 0. The molecule has 0 radical (unpaired) electrons. The Morgan fingerprint density at radius 1 is 0.514 bits per heavy atom. The lowest BCUT2D eigenvalue weighted by Gasteiger charge is -2.18. The monoisotopic (exact) mass is 458 g/mol. The van der Waals surface area contributed by atoms with Gasteiger partial charge in [0.05, 0.1) is 22.8 Å². The summed E-state index contributed by atoms with van der Waals surface area (Å²) in [6, 6.07) is 37.7. The number of para-hydroxylation sites is 2. The quantitative estimate of drug-likeness (QED) is 0.235. The van der Waals surface area contributed by atoms with E-state index in [1.54, 1.807) is 0 Å². The molecule has 0 atom stereocenters. The first-order chi connectivity index (χ1) is 17.0. The van der Waals surface area contributed by atoms with Crippen molar-refractivity contribution in [3.05, 3.63) is 131 Å². The first-order valence-corrected chi connectivity index (χ1v) is 12.5. The van der Waals surface area contributed by atoms with Crippen LogP contribution < -0.4 is 0 Å². The minimum absolute atomic E-state index is 0.385. The van der Waals surface area contributed by atoms with Crippen LogP contribution in [0.4, 0.5) is 11.4 Å². The Kier molecular flexibility index (Phi) is 8.05. The number of rotatable bonds is 8. The number of hydrogen-bond acceptors (Lipinski definition) is 2. The van der Waals surface area contributed by atoms with Gasteiger partial charge in [-0.25, -0.2) is 0 Å². The predicted octanol–water partition coefficient (Wildman–Crippen LogP) is 9.27. The lowest BCUT2D eigenvalue weighted by atomic mass is 9.92. The first-order valence-electron chi connectivity index (χ1n) is 12.5. The third kappa shape index (κ3) is 6.22. The lowest BCUT2D eigenvalue weighted by molar-refractivity contribution is 0.834. The molecule has 0 bridgehead atoms. The average molecular weight is 459 g/mol. The van der Waals surface area contributed by atoms with Crippen LogP contribution in [0.2, 0.25) is 0 Å². The molecule has 176 valence electrons. The van der Waals surface area contributed by atoms with Gasteiger partial charge in [0.1, 0.15) is 0 Å². The van der Waals surface area contributed by atoms with Crippen LogP contribution in [0.5, 0.6) is 0 Å². The third-order valence-corrected chi connectivity index (χ3v) is 6.16. The molecule has 35 heavy (non-hydrogen) atoms. The van der Waals surface area contributed by atoms with Gasteiger partial charge in [-0.2, -0.15) is 0 Å². The van der Waals surface area contributed by atoms with Crippen molar-refractivity contribution in [2.24, 2.45) is 9.98 Å². The van der Waals surface area contributed by atoms with E-state index >= 15 is 0 Å². The second kappa shape index (κ2) is 11.6. The zero-order valence-electron chi connectivity index (χ0n) is 21.1. The summed E-state index contributed by atoms with van der Waals surface area (Å²) in [6.45, 7) is 8.97. The van der Waals surface area contributed by atoms with Crippen molar-refractivity contribution < 1.29 is 0 Å². The number of hydrogen-bond donors (Lipinski definition) is 0. The fraction of sp³-hybridized carbons (Fsp3) is 0.212. The second-order valence-electron chi connectivity index (χ2n) is 9.46. The van der Waals surface area contributed by atoms with Gasteiger partial charge in [-0.3, -0.25) is 9.98 Å². The standard InChI is InChI=1S/C33H34N2/c1-24(2)29-21-14-22-30(25(3)4)33(29)35-32(27-17-10-6-11-18-27)23-31(26-15-8-5-9-16-26)34-28-19-12-7-13-20-28/h5-22,24-25H,23H2,1-4H3. The van der Waals surface area contributed by atoms with E-state index in [2.05, 4.69) is 100 Å². The molecule has 0 aliphatic carbocycles. The summed E-state index contributed by atoms with van der Waals surface area (Å²) in [6.07, 6.45) is 0.632. The molecule has 0 N–H and O–H groups in total. The highest BCUT2D eigenvalue weighted by molar-refractivity contribution is 6.19. The number of nitrogens with zero attached hydrogens (tertiary/aromatic N) is 2. The van der Waals surface area contributed by atoms with Crippen molar-refractivity contribution in [2.75, 3.05) is 0 Å². The second-order valence-corrected chi connectivity index (χ2v) is 9.46. The Balaban J connectivity index is 1.90. The van der Waals surface area contributed by atoms with Crippen LogP contribution in [-0.2, 0) is 0 Å². The summed E-state index contributed by atoms with van der Waals surface area (Å²) in [5, 5.41) is 0. The zero-order valence-corrected chi connectivity index (χ0v) is 21.1. The molecule has 0 amide bonds. The summed E-state index contributed by atoms with van der Waals surface area (Å²) in [4.78, 5) is 10.5. The van der Waals surface area contributed by atoms with Crippen molar-refractivity contribution in [2.45, 2.75) is 46.0 Å². The van der Waals surface area contributed by atoms with Crippen molar-refractivity contribution in [1.29, 1.82) is 0 Å². The van der Waals surface area contributed by atoms with Gasteiger partial charge in [0.2, 0.25) is 0 Å². The highest BCUT2D eigenvalue weighted by Crippen LogP contribution is 2.35. The van der Waals surface area contributed by atoms with E-state index in [1.165, 1.54) is 11.1 Å². The zero-order chi connectivity index (χ0) is 24.6. The molecule has 2 heteroatoms. The van der Waals surface area contributed by atoms with E-state index in [9.17, 15) is 0 Å². The van der Waals surface area contributed by atoms with Crippen molar-refractivity contribution in [3.8, 4) is 0 Å². The maximum absolute atomic E-state index is 5.41. The van der Waals surface area contributed by atoms with E-state index < -0.39 is 0 Å². The van der Waals surface area contributed by atoms with Gasteiger partial charge in [-0.15, -0.1) is 0 Å². The van der Waals surface area contributed by atoms with Gasteiger partial charge in [-0.1, -0.05) is 125 Å². The van der Waals surface area contributed by atoms with Crippen LogP contribution in [0.3, 0.4) is 0 Å². The Labute approximate surface area is 210 Å². The smallest absolute Gasteiger partial charge is 0.0702 e. The van der Waals surface area contributed by atoms with Crippen LogP contribution in [0.1, 0.15) is 68.2 Å². The van der Waals surface area contributed by atoms with Gasteiger partial charge in [0.25, 0.3) is 0 Å². The summed E-state index contributed by atoms with van der Waals surface area (Å²) in [5.74, 6) is 0.770. The molecule has 4 aromatic carbocycles. The van der Waals surface area contributed by atoms with Crippen molar-refractivity contribution in [1.82, 2.24) is 0 Å². The number of aliphatic imine (C=N–C) groups is 2. The van der Waals surface area contributed by atoms with Gasteiger partial charge in [-0.05, 0) is 46.2 Å². The summed E-state index contributed by atoms with van der Waals surface area (Å²) in [5.41, 5.74) is 8.88. The Morgan fingerprint density at radius 3 is 1.40 bits per heavy atom. The van der Waals surface area contributed by atoms with Crippen LogP contribution in [0.15, 0.2) is 119 Å². The SMILES string of the molecule is CC(C)c1cccc(C(C)C)c1N=C(CC(=Nc1ccccc1)c1ccccc1)c1ccccc1. The Hall–Kier alpha value is -3.78. The third-order valence-electron chi connectivity index (χ3n) is 6.16. The maximum Gasteiger partial charge on any atom is 0.0702 e. The molecular weight excluding hydrogens is 424 g/mol. The predicted molar refractivity (Wildman–Crippen MR) is 151 cm³/mol. The summed E-state index contributed by atoms with van der Waals surface area (Å²) in [7, 11) is 0. The van der Waals surface area contributed by atoms with E-state index in [4.69, 9.17) is 9.98 Å². The molecule has 4 aromatic rings. The van der Waals surface area contributed by atoms with Crippen molar-refractivity contribution >= 4 is 22.8 Å². The van der Waals surface area contributed by atoms with Gasteiger partial charge in [0.15, 0.2) is 0 Å². The topological polar surface area (TPSA) is 24.7 Å². The minimum atomic E-state index is 0.385. The van der Waals surface area contributed by atoms with E-state index in [0.717, 1.165) is 33.9 Å². The molecule has 0 aromatic heterocycles. The highest BCUT2D eigenvalue weighted by Gasteiger charge is 2.17. The Morgan fingerprint density at radius 2 is 0.943 bits per heavy atom. The van der Waals surface area contributed by atoms with Crippen molar-refractivity contribution in [3.63, 3.8) is 0 Å². The van der Waals surface area contributed by atoms with Crippen LogP contribution in [-0.4, -0.2) is 11.4 Å². The molecule has 4 rings (SSSR count). The molecule has 0 fully saturated rings. The Bertz CT molecular complexity index is 1260. The normalized spacial score (nSPS) is 12.4. The van der Waals surface area contributed by atoms with E-state index in [-0.39, 0.29) is 0 Å². The van der Waals surface area contributed by atoms with Crippen LogP contribution in [0, 0.1) is 0 Å². The van der Waals surface area contributed by atoms with Gasteiger partial charge < -0.3 is 0 Å². The average Bonchev–Trinajstić information content (AvgIpc) is 2.89. The molecule has 0 aliphatic rings. The molecule has 0 saturated carbocycles. The number of benzene rings is 4. The van der Waals surface area contributed by atoms with Crippen LogP contribution >= 0.6 is 0 Å². The summed E-state index contributed by atoms with van der Waals surface area (Å²) >= 11 is 0. The van der Waals surface area contributed by atoms with Crippen LogP contribution in [0.25, 0.3) is 0 Å². The van der Waals surface area contributed by atoms with E-state index in [1.807, 2.05) is 36.4 Å². The fourth-order valence-electron chi connectivity index (χ4n) is 4.27. The molecule has 0 heterocycles. The molecular formula is C33H34N2. The molecule has 0 saturated heterocycles. The largest absolute Gasteiger partial charge is 0.252 e. The van der Waals surface area contributed by atoms with E-state index in [0.29, 0.717) is 18.3 Å². The molecule has 0 aliphatic heterocycles. The maximum atomic E-state index is 5.41.